The summed E-state index contributed by atoms with van der Waals surface area (Å²) in [5.41, 5.74) is 2.97. The van der Waals surface area contributed by atoms with Crippen LogP contribution >= 0.6 is 0 Å². The number of ether oxygens (including phenoxy) is 1. The summed E-state index contributed by atoms with van der Waals surface area (Å²) in [7, 11) is 0. The van der Waals surface area contributed by atoms with E-state index in [4.69, 9.17) is 4.74 Å². The predicted octanol–water partition coefficient (Wildman–Crippen LogP) is 11.0. The maximum Gasteiger partial charge on any atom is 0.201 e. The second kappa shape index (κ2) is 13.7. The molecule has 1 saturated carbocycles. The van der Waals surface area contributed by atoms with Crippen LogP contribution in [0.3, 0.4) is 0 Å². The van der Waals surface area contributed by atoms with Crippen LogP contribution in [0.1, 0.15) is 89.5 Å². The molecule has 0 atom stereocenters. The van der Waals surface area contributed by atoms with Crippen molar-refractivity contribution >= 4 is 0 Å². The third-order valence-electron chi connectivity index (χ3n) is 7.83. The Morgan fingerprint density at radius 2 is 1.45 bits per heavy atom. The van der Waals surface area contributed by atoms with Crippen LogP contribution in [0.5, 0.6) is 5.75 Å². The standard InChI is InChI=1S/C34H39F3O/c1-3-5-7-9-24-10-12-25(13-11-24)28-18-19-29(31(35)23-28)26-14-16-27(17-15-26)30-20-21-32(34(37)33(30)36)38-22-8-6-4-2/h8,14-25H,3-7,9-13H2,1-2H3. The summed E-state index contributed by atoms with van der Waals surface area (Å²) in [5, 5.41) is 0. The molecule has 3 aromatic carbocycles. The molecular formula is C34H39F3O. The average Bonchev–Trinajstić information content (AvgIpc) is 2.94. The molecular weight excluding hydrogens is 481 g/mol. The summed E-state index contributed by atoms with van der Waals surface area (Å²) >= 11 is 0. The summed E-state index contributed by atoms with van der Waals surface area (Å²) in [6.45, 7) is 4.27. The van der Waals surface area contributed by atoms with E-state index in [1.807, 2.05) is 13.0 Å². The van der Waals surface area contributed by atoms with Crippen LogP contribution in [0.2, 0.25) is 0 Å². The first-order chi connectivity index (χ1) is 18.5. The van der Waals surface area contributed by atoms with Gasteiger partial charge in [0, 0.05) is 11.1 Å². The van der Waals surface area contributed by atoms with Crippen molar-refractivity contribution in [3.63, 3.8) is 0 Å². The molecule has 4 heteroatoms. The molecule has 0 aromatic heterocycles. The lowest BCUT2D eigenvalue weighted by molar-refractivity contribution is 0.302. The van der Waals surface area contributed by atoms with E-state index in [-0.39, 0.29) is 17.1 Å². The average molecular weight is 521 g/mol. The Kier molecular flexibility index (Phi) is 10.1. The van der Waals surface area contributed by atoms with Crippen LogP contribution in [-0.2, 0) is 0 Å². The molecule has 0 N–H and O–H groups in total. The zero-order chi connectivity index (χ0) is 26.9. The summed E-state index contributed by atoms with van der Waals surface area (Å²) in [6, 6.07) is 15.4. The summed E-state index contributed by atoms with van der Waals surface area (Å²) in [5.74, 6) is -1.13. The van der Waals surface area contributed by atoms with E-state index in [1.165, 1.54) is 56.9 Å². The lowest BCUT2D eigenvalue weighted by Crippen LogP contribution is -2.13. The van der Waals surface area contributed by atoms with Gasteiger partial charge in [-0.25, -0.2) is 8.78 Å². The quantitative estimate of drug-likeness (QED) is 0.180. The number of allylic oxidation sites excluding steroid dienone is 1. The molecule has 0 aliphatic heterocycles. The van der Waals surface area contributed by atoms with E-state index in [0.29, 0.717) is 22.6 Å². The van der Waals surface area contributed by atoms with Crippen LogP contribution in [0, 0.1) is 23.4 Å². The summed E-state index contributed by atoms with van der Waals surface area (Å²) in [6.07, 6.45) is 14.9. The first-order valence-corrected chi connectivity index (χ1v) is 14.2. The largest absolute Gasteiger partial charge is 0.462 e. The monoisotopic (exact) mass is 520 g/mol. The molecule has 0 radical (unpaired) electrons. The van der Waals surface area contributed by atoms with Gasteiger partial charge in [0.1, 0.15) is 5.82 Å². The molecule has 0 unspecified atom stereocenters. The molecule has 1 nitrogen and oxygen atoms in total. The molecule has 1 aliphatic rings. The Morgan fingerprint density at radius 3 is 2.11 bits per heavy atom. The normalized spacial score (nSPS) is 17.7. The molecule has 1 aliphatic carbocycles. The number of unbranched alkanes of at least 4 members (excludes halogenated alkanes) is 3. The van der Waals surface area contributed by atoms with Gasteiger partial charge in [0.15, 0.2) is 11.6 Å². The van der Waals surface area contributed by atoms with Crippen molar-refractivity contribution in [3.8, 4) is 28.0 Å². The molecule has 3 aromatic rings. The second-order valence-electron chi connectivity index (χ2n) is 10.5. The van der Waals surface area contributed by atoms with Crippen molar-refractivity contribution in [2.45, 2.75) is 84.0 Å². The number of hydrogen-bond donors (Lipinski definition) is 0. The third kappa shape index (κ3) is 6.89. The Balaban J connectivity index is 1.42. The second-order valence-corrected chi connectivity index (χ2v) is 10.5. The van der Waals surface area contributed by atoms with Gasteiger partial charge in [0.25, 0.3) is 0 Å². The lowest BCUT2D eigenvalue weighted by Gasteiger charge is -2.29. The fourth-order valence-electron chi connectivity index (χ4n) is 5.52. The first-order valence-electron chi connectivity index (χ1n) is 14.2. The predicted molar refractivity (Wildman–Crippen MR) is 151 cm³/mol. The van der Waals surface area contributed by atoms with Gasteiger partial charge in [0.05, 0.1) is 6.26 Å². The van der Waals surface area contributed by atoms with Gasteiger partial charge in [-0.1, -0.05) is 82.3 Å². The fourth-order valence-corrected chi connectivity index (χ4v) is 5.52. The Hall–Kier alpha value is -3.01. The maximum absolute atomic E-state index is 15.2. The molecule has 0 amide bonds. The van der Waals surface area contributed by atoms with E-state index < -0.39 is 11.6 Å². The minimum atomic E-state index is -1.02. The van der Waals surface area contributed by atoms with Gasteiger partial charge in [-0.2, -0.15) is 4.39 Å². The molecule has 1 fully saturated rings. The number of hydrogen-bond acceptors (Lipinski definition) is 1. The van der Waals surface area contributed by atoms with Gasteiger partial charge in [-0.15, -0.1) is 0 Å². The van der Waals surface area contributed by atoms with E-state index >= 15 is 4.39 Å². The van der Waals surface area contributed by atoms with Gasteiger partial charge >= 0.3 is 0 Å². The highest BCUT2D eigenvalue weighted by molar-refractivity contribution is 5.71. The Bertz CT molecular complexity index is 1210. The highest BCUT2D eigenvalue weighted by atomic mass is 19.2. The van der Waals surface area contributed by atoms with E-state index in [0.717, 1.165) is 37.2 Å². The van der Waals surface area contributed by atoms with Crippen molar-refractivity contribution in [2.24, 2.45) is 5.92 Å². The van der Waals surface area contributed by atoms with Gasteiger partial charge < -0.3 is 4.74 Å². The van der Waals surface area contributed by atoms with E-state index in [2.05, 4.69) is 13.0 Å². The molecule has 202 valence electrons. The van der Waals surface area contributed by atoms with Crippen molar-refractivity contribution in [2.75, 3.05) is 0 Å². The Labute approximate surface area is 225 Å². The number of benzene rings is 3. The first kappa shape index (κ1) is 28.0. The number of rotatable bonds is 11. The highest BCUT2D eigenvalue weighted by Crippen LogP contribution is 2.39. The summed E-state index contributed by atoms with van der Waals surface area (Å²) < 4.78 is 49.8. The van der Waals surface area contributed by atoms with Gasteiger partial charge in [-0.05, 0) is 84.9 Å². The van der Waals surface area contributed by atoms with Crippen molar-refractivity contribution in [1.29, 1.82) is 0 Å². The van der Waals surface area contributed by atoms with Crippen LogP contribution in [0.15, 0.2) is 66.9 Å². The molecule has 0 saturated heterocycles. The summed E-state index contributed by atoms with van der Waals surface area (Å²) in [4.78, 5) is 0. The topological polar surface area (TPSA) is 9.23 Å². The molecule has 4 rings (SSSR count). The number of halogens is 3. The van der Waals surface area contributed by atoms with Crippen LogP contribution in [-0.4, -0.2) is 0 Å². The van der Waals surface area contributed by atoms with Crippen molar-refractivity contribution < 1.29 is 17.9 Å². The zero-order valence-electron chi connectivity index (χ0n) is 22.6. The van der Waals surface area contributed by atoms with Crippen LogP contribution in [0.4, 0.5) is 13.2 Å². The lowest BCUT2D eigenvalue weighted by atomic mass is 9.77. The van der Waals surface area contributed by atoms with E-state index in [9.17, 15) is 8.78 Å². The molecule has 0 spiro atoms. The van der Waals surface area contributed by atoms with Crippen molar-refractivity contribution in [1.82, 2.24) is 0 Å². The van der Waals surface area contributed by atoms with Crippen LogP contribution < -0.4 is 4.74 Å². The smallest absolute Gasteiger partial charge is 0.201 e. The molecule has 38 heavy (non-hydrogen) atoms. The van der Waals surface area contributed by atoms with E-state index in [1.54, 1.807) is 36.4 Å². The minimum absolute atomic E-state index is 0.139. The molecule has 0 heterocycles. The Morgan fingerprint density at radius 1 is 0.763 bits per heavy atom. The SMILES string of the molecule is CCCC=COc1ccc(-c2ccc(-c3ccc(C4CCC(CCCCC)CC4)cc3F)cc2)c(F)c1F. The highest BCUT2D eigenvalue weighted by Gasteiger charge is 2.23. The van der Waals surface area contributed by atoms with Crippen molar-refractivity contribution in [3.05, 3.63) is 90.0 Å². The zero-order valence-corrected chi connectivity index (χ0v) is 22.6. The minimum Gasteiger partial charge on any atom is -0.462 e. The molecule has 0 bridgehead atoms. The van der Waals surface area contributed by atoms with Gasteiger partial charge in [0.2, 0.25) is 5.82 Å². The third-order valence-corrected chi connectivity index (χ3v) is 7.83. The maximum atomic E-state index is 15.2. The fraction of sp³-hybridized carbons (Fsp3) is 0.412. The van der Waals surface area contributed by atoms with Gasteiger partial charge in [-0.3, -0.25) is 0 Å². The van der Waals surface area contributed by atoms with Crippen LogP contribution in [0.25, 0.3) is 22.3 Å².